The fourth-order valence-corrected chi connectivity index (χ4v) is 2.44. The molecule has 1 aromatic rings. The summed E-state index contributed by atoms with van der Waals surface area (Å²) in [6, 6.07) is 2.18. The van der Waals surface area contributed by atoms with Gasteiger partial charge >= 0.3 is 0 Å². The summed E-state index contributed by atoms with van der Waals surface area (Å²) in [7, 11) is 0. The number of aryl methyl sites for hydroxylation is 1. The lowest BCUT2D eigenvalue weighted by Gasteiger charge is -2.27. The molecule has 3 nitrogen and oxygen atoms in total. The van der Waals surface area contributed by atoms with Gasteiger partial charge in [-0.2, -0.15) is 5.10 Å². The lowest BCUT2D eigenvalue weighted by Crippen LogP contribution is -2.24. The molecule has 0 bridgehead atoms. The topological polar surface area (TPSA) is 29.9 Å². The Hall–Kier alpha value is -0.830. The molecular formula is C12H21N3. The molecule has 1 fully saturated rings. The lowest BCUT2D eigenvalue weighted by molar-refractivity contribution is 0.303. The van der Waals surface area contributed by atoms with Gasteiger partial charge in [-0.25, -0.2) is 0 Å². The fraction of sp³-hybridized carbons (Fsp3) is 0.750. The van der Waals surface area contributed by atoms with Crippen molar-refractivity contribution in [2.75, 3.05) is 13.1 Å². The molecule has 0 aliphatic carbocycles. The largest absolute Gasteiger partial charge is 0.315 e. The van der Waals surface area contributed by atoms with Gasteiger partial charge in [0.1, 0.15) is 0 Å². The highest BCUT2D eigenvalue weighted by atomic mass is 15.3. The van der Waals surface area contributed by atoms with Crippen LogP contribution in [0.15, 0.2) is 12.3 Å². The lowest BCUT2D eigenvalue weighted by atomic mass is 9.76. The normalized spacial score (nSPS) is 31.0. The molecule has 2 rings (SSSR count). The number of hydrogen-bond donors (Lipinski definition) is 1. The first-order valence-corrected chi connectivity index (χ1v) is 5.93. The average Bonchev–Trinajstić information content (AvgIpc) is 2.84. The molecular weight excluding hydrogens is 186 g/mol. The standard InChI is InChI=1S/C12H21N3/c1-4-12(3)9-13-8-10(12)11-6-7-15(5-2)14-11/h6-7,10,13H,4-5,8-9H2,1-3H3/t10-,12-/m0/s1. The van der Waals surface area contributed by atoms with Gasteiger partial charge in [0.2, 0.25) is 0 Å². The number of nitrogens with one attached hydrogen (secondary N) is 1. The van der Waals surface area contributed by atoms with Crippen LogP contribution in [0.1, 0.15) is 38.8 Å². The summed E-state index contributed by atoms with van der Waals surface area (Å²) in [5, 5.41) is 8.12. The number of hydrogen-bond acceptors (Lipinski definition) is 2. The number of rotatable bonds is 3. The van der Waals surface area contributed by atoms with E-state index in [9.17, 15) is 0 Å². The maximum absolute atomic E-state index is 4.63. The molecule has 0 aromatic carbocycles. The van der Waals surface area contributed by atoms with E-state index in [0.717, 1.165) is 19.6 Å². The number of aromatic nitrogens is 2. The Morgan fingerprint density at radius 2 is 2.40 bits per heavy atom. The average molecular weight is 207 g/mol. The minimum Gasteiger partial charge on any atom is -0.315 e. The van der Waals surface area contributed by atoms with E-state index in [1.165, 1.54) is 12.1 Å². The van der Waals surface area contributed by atoms with E-state index in [-0.39, 0.29) is 0 Å². The molecule has 1 aliphatic rings. The summed E-state index contributed by atoms with van der Waals surface area (Å²) in [6.07, 6.45) is 3.30. The predicted octanol–water partition coefficient (Wildman–Crippen LogP) is 2.01. The van der Waals surface area contributed by atoms with Crippen LogP contribution in [-0.2, 0) is 6.54 Å². The molecule has 3 heteroatoms. The Morgan fingerprint density at radius 3 is 3.00 bits per heavy atom. The first-order chi connectivity index (χ1) is 7.19. The van der Waals surface area contributed by atoms with Crippen LogP contribution in [-0.4, -0.2) is 22.9 Å². The van der Waals surface area contributed by atoms with Crippen molar-refractivity contribution < 1.29 is 0 Å². The Kier molecular flexibility index (Phi) is 2.83. The van der Waals surface area contributed by atoms with Crippen LogP contribution in [0.2, 0.25) is 0 Å². The molecule has 84 valence electrons. The SMILES string of the molecule is CCn1ccc([C@@H]2CNC[C@]2(C)CC)n1. The van der Waals surface area contributed by atoms with Crippen LogP contribution in [0.5, 0.6) is 0 Å². The van der Waals surface area contributed by atoms with Crippen molar-refractivity contribution >= 4 is 0 Å². The van der Waals surface area contributed by atoms with Crippen LogP contribution in [0.25, 0.3) is 0 Å². The van der Waals surface area contributed by atoms with E-state index in [2.05, 4.69) is 43.4 Å². The van der Waals surface area contributed by atoms with Crippen molar-refractivity contribution in [1.82, 2.24) is 15.1 Å². The van der Waals surface area contributed by atoms with E-state index < -0.39 is 0 Å². The van der Waals surface area contributed by atoms with Crippen LogP contribution in [0.3, 0.4) is 0 Å². The highest BCUT2D eigenvalue weighted by molar-refractivity contribution is 5.15. The highest BCUT2D eigenvalue weighted by Crippen LogP contribution is 2.40. The maximum Gasteiger partial charge on any atom is 0.0674 e. The van der Waals surface area contributed by atoms with Crippen LogP contribution in [0.4, 0.5) is 0 Å². The van der Waals surface area contributed by atoms with Gasteiger partial charge in [-0.05, 0) is 24.8 Å². The molecule has 2 atom stereocenters. The van der Waals surface area contributed by atoms with Gasteiger partial charge in [0, 0.05) is 31.7 Å². The smallest absolute Gasteiger partial charge is 0.0674 e. The minimum absolute atomic E-state index is 0.382. The summed E-state index contributed by atoms with van der Waals surface area (Å²) in [4.78, 5) is 0. The molecule has 0 spiro atoms. The van der Waals surface area contributed by atoms with Gasteiger partial charge in [-0.15, -0.1) is 0 Å². The molecule has 1 aliphatic heterocycles. The van der Waals surface area contributed by atoms with Gasteiger partial charge in [0.15, 0.2) is 0 Å². The van der Waals surface area contributed by atoms with Gasteiger partial charge < -0.3 is 5.32 Å². The van der Waals surface area contributed by atoms with Gasteiger partial charge in [-0.3, -0.25) is 4.68 Å². The van der Waals surface area contributed by atoms with E-state index >= 15 is 0 Å². The van der Waals surface area contributed by atoms with Crippen molar-refractivity contribution in [2.24, 2.45) is 5.41 Å². The zero-order chi connectivity index (χ0) is 10.9. The Labute approximate surface area is 91.9 Å². The summed E-state index contributed by atoms with van der Waals surface area (Å²) in [5.41, 5.74) is 1.64. The predicted molar refractivity (Wildman–Crippen MR) is 61.9 cm³/mol. The zero-order valence-corrected chi connectivity index (χ0v) is 9.95. The van der Waals surface area contributed by atoms with E-state index in [1.54, 1.807) is 0 Å². The summed E-state index contributed by atoms with van der Waals surface area (Å²) in [6.45, 7) is 9.92. The third-order valence-corrected chi connectivity index (χ3v) is 3.87. The molecule has 0 unspecified atom stereocenters. The second-order valence-corrected chi connectivity index (χ2v) is 4.79. The van der Waals surface area contributed by atoms with E-state index in [1.807, 2.05) is 4.68 Å². The summed E-state index contributed by atoms with van der Waals surface area (Å²) >= 11 is 0. The molecule has 1 N–H and O–H groups in total. The third-order valence-electron chi connectivity index (χ3n) is 3.87. The zero-order valence-electron chi connectivity index (χ0n) is 9.95. The van der Waals surface area contributed by atoms with Gasteiger partial charge in [-0.1, -0.05) is 13.8 Å². The Morgan fingerprint density at radius 1 is 1.60 bits per heavy atom. The molecule has 0 radical (unpaired) electrons. The summed E-state index contributed by atoms with van der Waals surface area (Å²) < 4.78 is 2.02. The van der Waals surface area contributed by atoms with Crippen molar-refractivity contribution in [3.63, 3.8) is 0 Å². The second-order valence-electron chi connectivity index (χ2n) is 4.79. The maximum atomic E-state index is 4.63. The van der Waals surface area contributed by atoms with E-state index in [0.29, 0.717) is 11.3 Å². The molecule has 0 amide bonds. The Bertz CT molecular complexity index is 331. The molecule has 1 aromatic heterocycles. The summed E-state index contributed by atoms with van der Waals surface area (Å²) in [5.74, 6) is 0.579. The molecule has 2 heterocycles. The van der Waals surface area contributed by atoms with E-state index in [4.69, 9.17) is 0 Å². The fourth-order valence-electron chi connectivity index (χ4n) is 2.44. The van der Waals surface area contributed by atoms with Crippen LogP contribution < -0.4 is 5.32 Å². The quantitative estimate of drug-likeness (QED) is 0.821. The van der Waals surface area contributed by atoms with Crippen LogP contribution >= 0.6 is 0 Å². The van der Waals surface area contributed by atoms with Crippen molar-refractivity contribution in [2.45, 2.75) is 39.7 Å². The Balaban J connectivity index is 2.22. The van der Waals surface area contributed by atoms with Crippen molar-refractivity contribution in [1.29, 1.82) is 0 Å². The minimum atomic E-state index is 0.382. The third kappa shape index (κ3) is 1.81. The first-order valence-electron chi connectivity index (χ1n) is 5.93. The number of nitrogens with zero attached hydrogens (tertiary/aromatic N) is 2. The highest BCUT2D eigenvalue weighted by Gasteiger charge is 2.39. The first kappa shape index (κ1) is 10.7. The van der Waals surface area contributed by atoms with Crippen molar-refractivity contribution in [3.8, 4) is 0 Å². The monoisotopic (exact) mass is 207 g/mol. The van der Waals surface area contributed by atoms with Crippen molar-refractivity contribution in [3.05, 3.63) is 18.0 Å². The van der Waals surface area contributed by atoms with Crippen LogP contribution in [0, 0.1) is 5.41 Å². The molecule has 1 saturated heterocycles. The second kappa shape index (κ2) is 3.97. The van der Waals surface area contributed by atoms with Gasteiger partial charge in [0.05, 0.1) is 5.69 Å². The molecule has 15 heavy (non-hydrogen) atoms. The van der Waals surface area contributed by atoms with Gasteiger partial charge in [0.25, 0.3) is 0 Å². The molecule has 0 saturated carbocycles.